The first kappa shape index (κ1) is 13.3. The van der Waals surface area contributed by atoms with Crippen LogP contribution < -0.4 is 9.47 Å². The van der Waals surface area contributed by atoms with E-state index in [1.165, 1.54) is 6.07 Å². The van der Waals surface area contributed by atoms with Gasteiger partial charge in [-0.25, -0.2) is 4.39 Å². The number of rotatable bonds is 5. The largest absolute Gasteiger partial charge is 0.494 e. The van der Waals surface area contributed by atoms with Crippen molar-refractivity contribution in [2.45, 2.75) is 13.5 Å². The first-order valence-corrected chi connectivity index (χ1v) is 5.99. The summed E-state index contributed by atoms with van der Waals surface area (Å²) in [5, 5.41) is 0. The molecule has 0 unspecified atom stereocenters. The maximum Gasteiger partial charge on any atom is 0.200 e. The van der Waals surface area contributed by atoms with E-state index in [1.54, 1.807) is 6.92 Å². The van der Waals surface area contributed by atoms with Crippen molar-refractivity contribution >= 4 is 0 Å². The second-order valence-corrected chi connectivity index (χ2v) is 3.92. The van der Waals surface area contributed by atoms with E-state index in [9.17, 15) is 8.78 Å². The lowest BCUT2D eigenvalue weighted by Gasteiger charge is -2.10. The topological polar surface area (TPSA) is 18.5 Å². The monoisotopic (exact) mass is 264 g/mol. The predicted molar refractivity (Wildman–Crippen MR) is 68.3 cm³/mol. The molecule has 0 atom stereocenters. The van der Waals surface area contributed by atoms with Crippen molar-refractivity contribution in [3.8, 4) is 11.5 Å². The Labute approximate surface area is 110 Å². The summed E-state index contributed by atoms with van der Waals surface area (Å²) in [4.78, 5) is 0. The SMILES string of the molecule is CCOc1cc(F)c(F)c(OCc2ccccc2)c1. The number of halogens is 2. The van der Waals surface area contributed by atoms with Crippen molar-refractivity contribution in [3.63, 3.8) is 0 Å². The van der Waals surface area contributed by atoms with Crippen molar-refractivity contribution < 1.29 is 18.3 Å². The number of hydrogen-bond acceptors (Lipinski definition) is 2. The molecule has 2 rings (SSSR count). The molecule has 0 radical (unpaired) electrons. The highest BCUT2D eigenvalue weighted by Gasteiger charge is 2.13. The molecule has 0 saturated carbocycles. The molecule has 0 fully saturated rings. The van der Waals surface area contributed by atoms with Gasteiger partial charge < -0.3 is 9.47 Å². The first-order chi connectivity index (χ1) is 9.20. The molecule has 0 aromatic heterocycles. The van der Waals surface area contributed by atoms with Crippen LogP contribution in [0.4, 0.5) is 8.78 Å². The Morgan fingerprint density at radius 1 is 1.00 bits per heavy atom. The molecule has 2 nitrogen and oxygen atoms in total. The third-order valence-electron chi connectivity index (χ3n) is 2.52. The van der Waals surface area contributed by atoms with Crippen molar-refractivity contribution in [1.82, 2.24) is 0 Å². The predicted octanol–water partition coefficient (Wildman–Crippen LogP) is 3.94. The standard InChI is InChI=1S/C15H14F2O2/c1-2-18-12-8-13(16)15(17)14(9-12)19-10-11-6-4-3-5-7-11/h3-9H,2,10H2,1H3. The van der Waals surface area contributed by atoms with Crippen LogP contribution in [0.3, 0.4) is 0 Å². The molecule has 2 aromatic rings. The third-order valence-corrected chi connectivity index (χ3v) is 2.52. The van der Waals surface area contributed by atoms with Crippen LogP contribution in [-0.4, -0.2) is 6.61 Å². The van der Waals surface area contributed by atoms with E-state index in [-0.39, 0.29) is 18.1 Å². The van der Waals surface area contributed by atoms with E-state index in [0.29, 0.717) is 6.61 Å². The average Bonchev–Trinajstić information content (AvgIpc) is 2.42. The van der Waals surface area contributed by atoms with E-state index in [4.69, 9.17) is 9.47 Å². The molecular weight excluding hydrogens is 250 g/mol. The second-order valence-electron chi connectivity index (χ2n) is 3.92. The van der Waals surface area contributed by atoms with Gasteiger partial charge in [0.15, 0.2) is 11.6 Å². The molecule has 0 N–H and O–H groups in total. The van der Waals surface area contributed by atoms with Crippen LogP contribution in [0.1, 0.15) is 12.5 Å². The molecule has 0 heterocycles. The minimum Gasteiger partial charge on any atom is -0.494 e. The highest BCUT2D eigenvalue weighted by molar-refractivity contribution is 5.35. The smallest absolute Gasteiger partial charge is 0.200 e. The molecule has 0 aliphatic rings. The molecule has 0 saturated heterocycles. The molecule has 0 bridgehead atoms. The fourth-order valence-corrected chi connectivity index (χ4v) is 1.63. The molecule has 0 aliphatic heterocycles. The number of ether oxygens (including phenoxy) is 2. The quantitative estimate of drug-likeness (QED) is 0.814. The Morgan fingerprint density at radius 3 is 2.42 bits per heavy atom. The summed E-state index contributed by atoms with van der Waals surface area (Å²) >= 11 is 0. The van der Waals surface area contributed by atoms with Crippen LogP contribution in [-0.2, 0) is 6.61 Å². The van der Waals surface area contributed by atoms with E-state index < -0.39 is 11.6 Å². The molecule has 0 aliphatic carbocycles. The lowest BCUT2D eigenvalue weighted by atomic mass is 10.2. The summed E-state index contributed by atoms with van der Waals surface area (Å²) in [5.41, 5.74) is 0.879. The van der Waals surface area contributed by atoms with Gasteiger partial charge in [-0.05, 0) is 12.5 Å². The number of benzene rings is 2. The molecule has 0 amide bonds. The van der Waals surface area contributed by atoms with Crippen molar-refractivity contribution in [2.75, 3.05) is 6.61 Å². The lowest BCUT2D eigenvalue weighted by molar-refractivity contribution is 0.277. The Morgan fingerprint density at radius 2 is 1.74 bits per heavy atom. The zero-order chi connectivity index (χ0) is 13.7. The summed E-state index contributed by atoms with van der Waals surface area (Å²) < 4.78 is 37.4. The minimum absolute atomic E-state index is 0.146. The van der Waals surface area contributed by atoms with Crippen LogP contribution in [0.2, 0.25) is 0 Å². The Kier molecular flexibility index (Phi) is 4.34. The van der Waals surface area contributed by atoms with Crippen molar-refractivity contribution in [1.29, 1.82) is 0 Å². The van der Waals surface area contributed by atoms with Gasteiger partial charge >= 0.3 is 0 Å². The molecular formula is C15H14F2O2. The maximum atomic E-state index is 13.6. The highest BCUT2D eigenvalue weighted by atomic mass is 19.2. The van der Waals surface area contributed by atoms with Gasteiger partial charge in [-0.3, -0.25) is 0 Å². The Bertz CT molecular complexity index is 541. The van der Waals surface area contributed by atoms with E-state index in [2.05, 4.69) is 0 Å². The van der Waals surface area contributed by atoms with Crippen molar-refractivity contribution in [3.05, 3.63) is 59.7 Å². The molecule has 2 aromatic carbocycles. The van der Waals surface area contributed by atoms with Gasteiger partial charge in [-0.15, -0.1) is 0 Å². The maximum absolute atomic E-state index is 13.6. The molecule has 0 spiro atoms. The van der Waals surface area contributed by atoms with Crippen LogP contribution in [0.5, 0.6) is 11.5 Å². The van der Waals surface area contributed by atoms with Crippen LogP contribution >= 0.6 is 0 Å². The van der Waals surface area contributed by atoms with Crippen LogP contribution in [0, 0.1) is 11.6 Å². The second kappa shape index (κ2) is 6.18. The van der Waals surface area contributed by atoms with E-state index in [1.807, 2.05) is 30.3 Å². The zero-order valence-corrected chi connectivity index (χ0v) is 10.5. The zero-order valence-electron chi connectivity index (χ0n) is 10.5. The molecule has 4 heteroatoms. The van der Waals surface area contributed by atoms with Crippen molar-refractivity contribution in [2.24, 2.45) is 0 Å². The normalized spacial score (nSPS) is 10.3. The van der Waals surface area contributed by atoms with Gasteiger partial charge in [0, 0.05) is 12.1 Å². The third kappa shape index (κ3) is 3.44. The summed E-state index contributed by atoms with van der Waals surface area (Å²) in [6.07, 6.45) is 0. The van der Waals surface area contributed by atoms with Crippen LogP contribution in [0.25, 0.3) is 0 Å². The summed E-state index contributed by atoms with van der Waals surface area (Å²) in [6, 6.07) is 11.6. The summed E-state index contributed by atoms with van der Waals surface area (Å²) in [6.45, 7) is 2.32. The summed E-state index contributed by atoms with van der Waals surface area (Å²) in [5.74, 6) is -1.87. The van der Waals surface area contributed by atoms with Gasteiger partial charge in [0.2, 0.25) is 5.82 Å². The molecule has 100 valence electrons. The molecule has 19 heavy (non-hydrogen) atoms. The van der Waals surface area contributed by atoms with E-state index in [0.717, 1.165) is 11.6 Å². The first-order valence-electron chi connectivity index (χ1n) is 5.99. The fourth-order valence-electron chi connectivity index (χ4n) is 1.63. The van der Waals surface area contributed by atoms with E-state index >= 15 is 0 Å². The number of hydrogen-bond donors (Lipinski definition) is 0. The fraction of sp³-hybridized carbons (Fsp3) is 0.200. The highest BCUT2D eigenvalue weighted by Crippen LogP contribution is 2.27. The Hall–Kier alpha value is -2.10. The van der Waals surface area contributed by atoms with Gasteiger partial charge in [0.25, 0.3) is 0 Å². The van der Waals surface area contributed by atoms with Gasteiger partial charge in [-0.2, -0.15) is 4.39 Å². The minimum atomic E-state index is -1.00. The average molecular weight is 264 g/mol. The van der Waals surface area contributed by atoms with Crippen LogP contribution in [0.15, 0.2) is 42.5 Å². The lowest BCUT2D eigenvalue weighted by Crippen LogP contribution is -2.01. The van der Waals surface area contributed by atoms with Gasteiger partial charge in [-0.1, -0.05) is 30.3 Å². The van der Waals surface area contributed by atoms with Gasteiger partial charge in [0.1, 0.15) is 12.4 Å². The summed E-state index contributed by atoms with van der Waals surface area (Å²) in [7, 11) is 0. The van der Waals surface area contributed by atoms with Gasteiger partial charge in [0.05, 0.1) is 6.61 Å². The Balaban J connectivity index is 2.15.